The molecule has 3 aromatic rings. The van der Waals surface area contributed by atoms with Crippen LogP contribution in [0, 0.1) is 32.1 Å². The molecule has 0 saturated heterocycles. The fourth-order valence-corrected chi connectivity index (χ4v) is 3.64. The molecule has 0 bridgehead atoms. The van der Waals surface area contributed by atoms with Crippen LogP contribution in [0.25, 0.3) is 0 Å². The van der Waals surface area contributed by atoms with E-state index in [9.17, 15) is 0 Å². The second kappa shape index (κ2) is 21.7. The molecule has 35 heavy (non-hydrogen) atoms. The van der Waals surface area contributed by atoms with Crippen LogP contribution >= 0.6 is 8.60 Å². The van der Waals surface area contributed by atoms with Gasteiger partial charge in [0.25, 0.3) is 0 Å². The van der Waals surface area contributed by atoms with Crippen molar-refractivity contribution < 1.29 is 39.9 Å². The maximum atomic E-state index is 7.50. The molecule has 0 spiro atoms. The average molecular weight is 530 g/mol. The van der Waals surface area contributed by atoms with Crippen molar-refractivity contribution in [2.75, 3.05) is 0 Å². The summed E-state index contributed by atoms with van der Waals surface area (Å²) in [6.07, 6.45) is 11.4. The Hall–Kier alpha value is -2.77. The number of rotatable bonds is 6. The van der Waals surface area contributed by atoms with Crippen LogP contribution in [0.2, 0.25) is 0 Å². The fourth-order valence-electron chi connectivity index (χ4n) is 2.64. The summed E-state index contributed by atoms with van der Waals surface area (Å²) in [4.78, 5) is 0. The maximum absolute atomic E-state index is 7.50. The molecule has 1 aliphatic carbocycles. The molecule has 0 unspecified atom stereocenters. The van der Waals surface area contributed by atoms with E-state index in [4.69, 9.17) is 22.9 Å². The van der Waals surface area contributed by atoms with Gasteiger partial charge in [0.1, 0.15) is 17.2 Å². The first-order chi connectivity index (χ1) is 16.8. The third kappa shape index (κ3) is 15.0. The summed E-state index contributed by atoms with van der Waals surface area (Å²) < 4.78 is 32.5. The van der Waals surface area contributed by atoms with Gasteiger partial charge in [0.15, 0.2) is 0 Å². The molecule has 0 fully saturated rings. The number of allylic oxidation sites excluding steroid dienone is 2. The van der Waals surface area contributed by atoms with Crippen molar-refractivity contribution in [3.05, 3.63) is 129 Å². The van der Waals surface area contributed by atoms with Crippen LogP contribution in [0.5, 0.6) is 17.2 Å². The molecule has 5 nitrogen and oxygen atoms in total. The topological polar surface area (TPSA) is 67.5 Å². The Balaban J connectivity index is 0.000000749. The first-order valence-corrected chi connectivity index (χ1v) is 11.6. The first kappa shape index (κ1) is 32.2. The Kier molecular flexibility index (Phi) is 20.0. The van der Waals surface area contributed by atoms with Gasteiger partial charge < -0.3 is 20.0 Å². The normalized spacial score (nSPS) is 13.4. The molecule has 3 aromatic carbocycles. The summed E-state index contributed by atoms with van der Waals surface area (Å²) >= 11 is 0. The Morgan fingerprint density at radius 3 is 1.46 bits per heavy atom. The van der Waals surface area contributed by atoms with Gasteiger partial charge in [-0.25, -0.2) is 0 Å². The molecule has 0 aromatic heterocycles. The smallest absolute Gasteiger partial charge is 0.409 e. The van der Waals surface area contributed by atoms with Crippen LogP contribution in [-0.4, -0.2) is 0 Å². The molecule has 0 aliphatic heterocycles. The molecule has 1 aliphatic rings. The van der Waals surface area contributed by atoms with E-state index in [1.54, 1.807) is 0 Å². The molecule has 183 valence electrons. The number of hydrogen-bond donors (Lipinski definition) is 0. The number of para-hydroxylation sites is 3. The summed E-state index contributed by atoms with van der Waals surface area (Å²) in [6, 6.07) is 28.5. The monoisotopic (exact) mass is 530 g/mol. The molecular formula is C28H27FeO5P-. The summed E-state index contributed by atoms with van der Waals surface area (Å²) in [5, 5.41) is 0. The molecule has 7 heteroatoms. The largest absolute Gasteiger partial charge is 0.530 e. The van der Waals surface area contributed by atoms with Crippen molar-refractivity contribution in [3.8, 4) is 17.2 Å². The summed E-state index contributed by atoms with van der Waals surface area (Å²) in [7, 11) is -1.59. The van der Waals surface area contributed by atoms with E-state index in [0.717, 1.165) is 0 Å². The minimum atomic E-state index is -1.59. The molecule has 4 rings (SSSR count). The summed E-state index contributed by atoms with van der Waals surface area (Å²) in [5.74, 6) is 2.81. The van der Waals surface area contributed by atoms with Crippen LogP contribution in [-0.2, 0) is 26.4 Å². The fraction of sp³-hybridized carbons (Fsp3) is 0.143. The van der Waals surface area contributed by atoms with Crippen molar-refractivity contribution in [1.29, 1.82) is 0 Å². The third-order valence-corrected chi connectivity index (χ3v) is 5.27. The zero-order valence-corrected chi connectivity index (χ0v) is 21.3. The van der Waals surface area contributed by atoms with Crippen molar-refractivity contribution in [1.82, 2.24) is 0 Å². The van der Waals surface area contributed by atoms with Gasteiger partial charge in [0.2, 0.25) is 0 Å². The Labute approximate surface area is 220 Å². The van der Waals surface area contributed by atoms with Crippen molar-refractivity contribution in [3.63, 3.8) is 0 Å². The van der Waals surface area contributed by atoms with Gasteiger partial charge in [0, 0.05) is 17.1 Å². The SMILES string of the molecule is C[C@H]1[CH]C=CCC[CH-]1.[C-]#[O+].[C-]#[O+].[Fe].c1ccc(OP(Oc2ccccc2)Oc2ccccc2)cc1. The second-order valence-corrected chi connectivity index (χ2v) is 7.72. The van der Waals surface area contributed by atoms with Crippen LogP contribution in [0.3, 0.4) is 0 Å². The zero-order valence-electron chi connectivity index (χ0n) is 19.3. The van der Waals surface area contributed by atoms with Gasteiger partial charge in [-0.15, -0.1) is 0 Å². The maximum Gasteiger partial charge on any atom is 0.530 e. The predicted molar refractivity (Wildman–Crippen MR) is 132 cm³/mol. The molecular weight excluding hydrogens is 503 g/mol. The van der Waals surface area contributed by atoms with Crippen molar-refractivity contribution in [2.45, 2.75) is 19.8 Å². The Bertz CT molecular complexity index is 845. The minimum Gasteiger partial charge on any atom is -0.409 e. The Morgan fingerprint density at radius 2 is 1.09 bits per heavy atom. The van der Waals surface area contributed by atoms with Gasteiger partial charge in [-0.3, -0.25) is 0 Å². The van der Waals surface area contributed by atoms with E-state index in [-0.39, 0.29) is 17.1 Å². The van der Waals surface area contributed by atoms with E-state index in [1.807, 2.05) is 91.0 Å². The van der Waals surface area contributed by atoms with Crippen molar-refractivity contribution >= 4 is 8.60 Å². The molecule has 0 heterocycles. The van der Waals surface area contributed by atoms with Gasteiger partial charge in [-0.2, -0.15) is 12.3 Å². The molecule has 0 N–H and O–H groups in total. The van der Waals surface area contributed by atoms with E-state index in [1.165, 1.54) is 12.8 Å². The van der Waals surface area contributed by atoms with E-state index in [0.29, 0.717) is 23.2 Å². The van der Waals surface area contributed by atoms with Crippen LogP contribution in [0.1, 0.15) is 19.8 Å². The van der Waals surface area contributed by atoms with Crippen LogP contribution < -0.4 is 13.6 Å². The van der Waals surface area contributed by atoms with Crippen molar-refractivity contribution in [2.24, 2.45) is 5.92 Å². The van der Waals surface area contributed by atoms with Gasteiger partial charge >= 0.3 is 31.2 Å². The average Bonchev–Trinajstić information content (AvgIpc) is 3.16. The van der Waals surface area contributed by atoms with Gasteiger partial charge in [-0.05, 0) is 42.8 Å². The van der Waals surface area contributed by atoms with Gasteiger partial charge in [0.05, 0.1) is 0 Å². The molecule has 1 atom stereocenters. The molecule has 0 amide bonds. The Morgan fingerprint density at radius 1 is 0.714 bits per heavy atom. The summed E-state index contributed by atoms with van der Waals surface area (Å²) in [6.45, 7) is 11.2. The van der Waals surface area contributed by atoms with E-state index < -0.39 is 8.60 Å². The van der Waals surface area contributed by atoms with Gasteiger partial charge in [-0.1, -0.05) is 80.1 Å². The minimum absolute atomic E-state index is 0. The number of benzene rings is 3. The molecule has 0 saturated carbocycles. The zero-order chi connectivity index (χ0) is 24.9. The molecule has 1 radical (unpaired) electrons. The number of hydrogen-bond acceptors (Lipinski definition) is 3. The quantitative estimate of drug-likeness (QED) is 0.142. The van der Waals surface area contributed by atoms with E-state index >= 15 is 0 Å². The summed E-state index contributed by atoms with van der Waals surface area (Å²) in [5.41, 5.74) is 0. The predicted octanol–water partition coefficient (Wildman–Crippen LogP) is 7.75. The van der Waals surface area contributed by atoms with Crippen LogP contribution in [0.15, 0.2) is 103 Å². The van der Waals surface area contributed by atoms with Crippen LogP contribution in [0.4, 0.5) is 0 Å². The standard InChI is InChI=1S/C18H15O3P.C8H12.2CO.Fe/c1-4-10-16(11-5-1)19-22(20-17-12-6-2-7-13-17)21-18-14-8-3-9-15-18;1-8-6-4-2-3-5-7-8;2*1-2;/h1-15H;2,4,6-8H,3,5H2,1H3;;;/q;-1;;;/t;8-;;;/m.0.../s1. The van der Waals surface area contributed by atoms with E-state index in [2.05, 4.69) is 45.2 Å². The first-order valence-electron chi connectivity index (χ1n) is 10.5. The second-order valence-electron chi connectivity index (χ2n) is 6.73. The third-order valence-electron chi connectivity index (χ3n) is 4.19.